The predicted octanol–water partition coefficient (Wildman–Crippen LogP) is 4.60. The molecule has 4 rings (SSSR count). The van der Waals surface area contributed by atoms with E-state index in [1.807, 2.05) is 50.2 Å². The fourth-order valence-corrected chi connectivity index (χ4v) is 5.50. The second kappa shape index (κ2) is 14.1. The highest BCUT2D eigenvalue weighted by atomic mass is 32.2. The molecular weight excluding hydrogens is 552 g/mol. The Kier molecular flexibility index (Phi) is 10.1. The third kappa shape index (κ3) is 8.28. The highest BCUT2D eigenvalue weighted by Gasteiger charge is 2.27. The molecule has 0 bridgehead atoms. The molecule has 0 saturated carbocycles. The standard InChI is InChI=1S/C32H32N4O5S/c1-24-10-9-13-28(20-24)36(42(39,40)30-14-7-4-8-15-30)22-31(37)35-33-21-26-16-18-29(19-17-26)41-23-32(38)34-25(2)27-11-5-3-6-12-27/h3-21,25H,22-23H2,1-2H3,(H,34,38)(H,35,37)/b33-21-/t25-/m1/s1. The molecule has 0 spiro atoms. The summed E-state index contributed by atoms with van der Waals surface area (Å²) in [6.07, 6.45) is 1.43. The van der Waals surface area contributed by atoms with Crippen LogP contribution in [-0.4, -0.2) is 39.6 Å². The summed E-state index contributed by atoms with van der Waals surface area (Å²) in [6.45, 7) is 3.15. The number of sulfonamides is 1. The molecular formula is C32H32N4O5S. The minimum atomic E-state index is -4.00. The molecule has 4 aromatic rings. The maximum absolute atomic E-state index is 13.4. The van der Waals surface area contributed by atoms with Crippen molar-refractivity contribution in [3.8, 4) is 5.75 Å². The van der Waals surface area contributed by atoms with Crippen molar-refractivity contribution in [3.63, 3.8) is 0 Å². The van der Waals surface area contributed by atoms with Gasteiger partial charge in [-0.1, -0.05) is 60.7 Å². The zero-order valence-corrected chi connectivity index (χ0v) is 24.1. The van der Waals surface area contributed by atoms with E-state index in [1.54, 1.807) is 60.7 Å². The number of hydrazone groups is 1. The number of amides is 2. The van der Waals surface area contributed by atoms with Crippen LogP contribution in [0, 0.1) is 6.92 Å². The maximum atomic E-state index is 13.4. The van der Waals surface area contributed by atoms with E-state index >= 15 is 0 Å². The third-order valence-corrected chi connectivity index (χ3v) is 8.03. The van der Waals surface area contributed by atoms with Crippen LogP contribution in [0.2, 0.25) is 0 Å². The van der Waals surface area contributed by atoms with Crippen LogP contribution in [0.1, 0.15) is 29.7 Å². The lowest BCUT2D eigenvalue weighted by Gasteiger charge is -2.24. The third-order valence-electron chi connectivity index (χ3n) is 6.24. The molecule has 1 atom stereocenters. The number of anilines is 1. The molecule has 0 saturated heterocycles. The van der Waals surface area contributed by atoms with Gasteiger partial charge in [-0.3, -0.25) is 13.9 Å². The van der Waals surface area contributed by atoms with Gasteiger partial charge in [-0.25, -0.2) is 13.8 Å². The maximum Gasteiger partial charge on any atom is 0.264 e. The minimum Gasteiger partial charge on any atom is -0.484 e. The van der Waals surface area contributed by atoms with Crippen molar-refractivity contribution < 1.29 is 22.7 Å². The molecule has 2 N–H and O–H groups in total. The van der Waals surface area contributed by atoms with Gasteiger partial charge in [0.2, 0.25) is 0 Å². The summed E-state index contributed by atoms with van der Waals surface area (Å²) in [5.41, 5.74) is 5.29. The summed E-state index contributed by atoms with van der Waals surface area (Å²) >= 11 is 0. The van der Waals surface area contributed by atoms with Crippen molar-refractivity contribution >= 4 is 33.7 Å². The quantitative estimate of drug-likeness (QED) is 0.187. The Bertz CT molecular complexity index is 1630. The first-order valence-corrected chi connectivity index (χ1v) is 14.7. The van der Waals surface area contributed by atoms with Crippen LogP contribution >= 0.6 is 0 Å². The van der Waals surface area contributed by atoms with Gasteiger partial charge < -0.3 is 10.1 Å². The van der Waals surface area contributed by atoms with Crippen molar-refractivity contribution in [1.82, 2.24) is 10.7 Å². The Hall–Kier alpha value is -4.96. The van der Waals surface area contributed by atoms with Crippen LogP contribution in [-0.2, 0) is 19.6 Å². The van der Waals surface area contributed by atoms with E-state index in [0.29, 0.717) is 17.0 Å². The molecule has 10 heteroatoms. The molecule has 0 radical (unpaired) electrons. The Morgan fingerprint density at radius 3 is 2.21 bits per heavy atom. The Balaban J connectivity index is 1.32. The molecule has 9 nitrogen and oxygen atoms in total. The highest BCUT2D eigenvalue weighted by Crippen LogP contribution is 2.24. The monoisotopic (exact) mass is 584 g/mol. The van der Waals surface area contributed by atoms with E-state index in [0.717, 1.165) is 15.4 Å². The van der Waals surface area contributed by atoms with E-state index in [2.05, 4.69) is 15.8 Å². The lowest BCUT2D eigenvalue weighted by atomic mass is 10.1. The number of benzene rings is 4. The number of nitrogens with zero attached hydrogens (tertiary/aromatic N) is 2. The predicted molar refractivity (Wildman–Crippen MR) is 163 cm³/mol. The van der Waals surface area contributed by atoms with E-state index in [4.69, 9.17) is 4.74 Å². The molecule has 0 heterocycles. The van der Waals surface area contributed by atoms with E-state index in [1.165, 1.54) is 18.3 Å². The van der Waals surface area contributed by atoms with E-state index < -0.39 is 22.5 Å². The van der Waals surface area contributed by atoms with Gasteiger partial charge >= 0.3 is 0 Å². The Labute approximate surface area is 245 Å². The van der Waals surface area contributed by atoms with Gasteiger partial charge in [0, 0.05) is 0 Å². The highest BCUT2D eigenvalue weighted by molar-refractivity contribution is 7.92. The van der Waals surface area contributed by atoms with Crippen LogP contribution in [0.5, 0.6) is 5.75 Å². The molecule has 0 aliphatic carbocycles. The van der Waals surface area contributed by atoms with Gasteiger partial charge in [0.25, 0.3) is 21.8 Å². The van der Waals surface area contributed by atoms with Crippen molar-refractivity contribution in [2.45, 2.75) is 24.8 Å². The van der Waals surface area contributed by atoms with Gasteiger partial charge in [0.15, 0.2) is 6.61 Å². The van der Waals surface area contributed by atoms with E-state index in [9.17, 15) is 18.0 Å². The number of carbonyl (C=O) groups is 2. The molecule has 0 aromatic heterocycles. The van der Waals surface area contributed by atoms with Gasteiger partial charge in [-0.2, -0.15) is 5.10 Å². The molecule has 0 unspecified atom stereocenters. The van der Waals surface area contributed by atoms with Crippen LogP contribution in [0.3, 0.4) is 0 Å². The van der Waals surface area contributed by atoms with Gasteiger partial charge in [-0.05, 0) is 79.1 Å². The average molecular weight is 585 g/mol. The number of rotatable bonds is 12. The first kappa shape index (κ1) is 30.0. The van der Waals surface area contributed by atoms with Crippen molar-refractivity contribution in [2.75, 3.05) is 17.5 Å². The summed E-state index contributed by atoms with van der Waals surface area (Å²) in [4.78, 5) is 25.1. The van der Waals surface area contributed by atoms with Gasteiger partial charge in [0.1, 0.15) is 12.3 Å². The number of ether oxygens (including phenoxy) is 1. The molecule has 0 aliphatic heterocycles. The Morgan fingerprint density at radius 2 is 1.55 bits per heavy atom. The summed E-state index contributed by atoms with van der Waals surface area (Å²) in [7, 11) is -4.00. The van der Waals surface area contributed by atoms with Crippen molar-refractivity contribution in [3.05, 3.63) is 126 Å². The summed E-state index contributed by atoms with van der Waals surface area (Å²) < 4.78 is 33.4. The first-order valence-electron chi connectivity index (χ1n) is 13.3. The average Bonchev–Trinajstić information content (AvgIpc) is 3.00. The molecule has 0 fully saturated rings. The van der Waals surface area contributed by atoms with Crippen LogP contribution in [0.4, 0.5) is 5.69 Å². The summed E-state index contributed by atoms with van der Waals surface area (Å²) in [6, 6.07) is 31.2. The van der Waals surface area contributed by atoms with Crippen LogP contribution < -0.4 is 19.8 Å². The number of nitrogens with one attached hydrogen (secondary N) is 2. The fraction of sp³-hybridized carbons (Fsp3) is 0.156. The molecule has 216 valence electrons. The topological polar surface area (TPSA) is 117 Å². The number of aryl methyl sites for hydroxylation is 1. The van der Waals surface area contributed by atoms with Crippen LogP contribution in [0.25, 0.3) is 0 Å². The number of carbonyl (C=O) groups excluding carboxylic acids is 2. The summed E-state index contributed by atoms with van der Waals surface area (Å²) in [5.74, 6) is -0.352. The van der Waals surface area contributed by atoms with Crippen molar-refractivity contribution in [2.24, 2.45) is 5.10 Å². The Morgan fingerprint density at radius 1 is 0.881 bits per heavy atom. The van der Waals surface area contributed by atoms with Gasteiger partial charge in [-0.15, -0.1) is 0 Å². The molecule has 4 aromatic carbocycles. The summed E-state index contributed by atoms with van der Waals surface area (Å²) in [5, 5.41) is 6.87. The molecule has 42 heavy (non-hydrogen) atoms. The number of hydrogen-bond donors (Lipinski definition) is 2. The van der Waals surface area contributed by atoms with Crippen molar-refractivity contribution in [1.29, 1.82) is 0 Å². The zero-order chi connectivity index (χ0) is 30.0. The smallest absolute Gasteiger partial charge is 0.264 e. The zero-order valence-electron chi connectivity index (χ0n) is 23.3. The van der Waals surface area contributed by atoms with E-state index in [-0.39, 0.29) is 23.5 Å². The molecule has 2 amide bonds. The van der Waals surface area contributed by atoms with Crippen LogP contribution in [0.15, 0.2) is 119 Å². The lowest BCUT2D eigenvalue weighted by molar-refractivity contribution is -0.123. The lowest BCUT2D eigenvalue weighted by Crippen LogP contribution is -2.39. The van der Waals surface area contributed by atoms with Gasteiger partial charge in [0.05, 0.1) is 22.8 Å². The second-order valence-electron chi connectivity index (χ2n) is 9.51. The SMILES string of the molecule is Cc1cccc(N(CC(=O)N/N=C\c2ccc(OCC(=O)N[C@H](C)c3ccccc3)cc2)S(=O)(=O)c2ccccc2)c1. The minimum absolute atomic E-state index is 0.0771. The fourth-order valence-electron chi connectivity index (χ4n) is 4.07. The largest absolute Gasteiger partial charge is 0.484 e. The second-order valence-corrected chi connectivity index (χ2v) is 11.4. The normalized spacial score (nSPS) is 12.0. The number of hydrogen-bond acceptors (Lipinski definition) is 6. The molecule has 0 aliphatic rings. The first-order chi connectivity index (χ1) is 20.2.